The molecular formula is C21H26N2O3S. The summed E-state index contributed by atoms with van der Waals surface area (Å²) in [6.45, 7) is 1.15. The zero-order valence-electron chi connectivity index (χ0n) is 15.8. The molecule has 0 saturated carbocycles. The van der Waals surface area contributed by atoms with E-state index in [0.717, 1.165) is 19.3 Å². The minimum atomic E-state index is -0.0939. The molecule has 0 spiro atoms. The zero-order chi connectivity index (χ0) is 19.2. The molecule has 1 aromatic carbocycles. The predicted octanol–water partition coefficient (Wildman–Crippen LogP) is 4.56. The second kappa shape index (κ2) is 9.24. The van der Waals surface area contributed by atoms with E-state index in [1.54, 1.807) is 29.9 Å². The van der Waals surface area contributed by atoms with Gasteiger partial charge in [0, 0.05) is 32.2 Å². The highest BCUT2D eigenvalue weighted by atomic mass is 32.1. The van der Waals surface area contributed by atoms with Crippen molar-refractivity contribution in [2.75, 3.05) is 13.7 Å². The molecule has 0 saturated heterocycles. The largest absolute Gasteiger partial charge is 0.385 e. The molecule has 3 rings (SSSR count). The van der Waals surface area contributed by atoms with Crippen molar-refractivity contribution in [1.82, 2.24) is 9.55 Å². The molecule has 0 bridgehead atoms. The molecule has 0 aliphatic heterocycles. The first-order valence-electron chi connectivity index (χ1n) is 9.57. The van der Waals surface area contributed by atoms with Gasteiger partial charge in [0.1, 0.15) is 0 Å². The first-order chi connectivity index (χ1) is 13.1. The van der Waals surface area contributed by atoms with Crippen LogP contribution in [0.2, 0.25) is 0 Å². The number of nitrogens with zero attached hydrogens (tertiary/aromatic N) is 1. The summed E-state index contributed by atoms with van der Waals surface area (Å²) < 4.78 is 7.03. The Morgan fingerprint density at radius 2 is 2.19 bits per heavy atom. The van der Waals surface area contributed by atoms with Crippen molar-refractivity contribution < 1.29 is 9.53 Å². The summed E-state index contributed by atoms with van der Waals surface area (Å²) in [4.78, 5) is 28.3. The number of benzene rings is 1. The van der Waals surface area contributed by atoms with Gasteiger partial charge in [0.2, 0.25) is 0 Å². The van der Waals surface area contributed by atoms with Crippen molar-refractivity contribution in [3.63, 3.8) is 0 Å². The van der Waals surface area contributed by atoms with E-state index in [9.17, 15) is 9.59 Å². The van der Waals surface area contributed by atoms with Crippen LogP contribution in [0.4, 0.5) is 0 Å². The van der Waals surface area contributed by atoms with Gasteiger partial charge in [-0.15, -0.1) is 0 Å². The van der Waals surface area contributed by atoms with Crippen LogP contribution < -0.4 is 5.56 Å². The number of ketones is 1. The molecule has 0 unspecified atom stereocenters. The summed E-state index contributed by atoms with van der Waals surface area (Å²) in [7, 11) is 1.62. The first kappa shape index (κ1) is 19.7. The van der Waals surface area contributed by atoms with Crippen LogP contribution >= 0.6 is 12.2 Å². The fraction of sp³-hybridized carbons (Fsp3) is 0.476. The van der Waals surface area contributed by atoms with Crippen molar-refractivity contribution in [1.29, 1.82) is 0 Å². The normalized spacial score (nSPS) is 14.3. The van der Waals surface area contributed by atoms with Crippen LogP contribution in [0.15, 0.2) is 34.6 Å². The third-order valence-electron chi connectivity index (χ3n) is 5.10. The highest BCUT2D eigenvalue weighted by Crippen LogP contribution is 2.20. The summed E-state index contributed by atoms with van der Waals surface area (Å²) in [6.07, 6.45) is 9.00. The number of ether oxygens (including phenoxy) is 1. The topological polar surface area (TPSA) is 64.1 Å². The number of H-pyrrole nitrogens is 1. The number of hydrogen-bond donors (Lipinski definition) is 1. The minimum absolute atomic E-state index is 0.0432. The number of allylic oxidation sites excluding steroid dienone is 2. The molecule has 1 aliphatic rings. The van der Waals surface area contributed by atoms with E-state index in [1.807, 2.05) is 0 Å². The summed E-state index contributed by atoms with van der Waals surface area (Å²) in [5.41, 5.74) is 2.53. The second-order valence-electron chi connectivity index (χ2n) is 7.02. The molecule has 2 aromatic rings. The average Bonchev–Trinajstić information content (AvgIpc) is 2.68. The van der Waals surface area contributed by atoms with E-state index < -0.39 is 0 Å². The number of Topliss-reactive ketones (excluding diaryl/α,β-unsaturated/α-hetero) is 1. The first-order valence-corrected chi connectivity index (χ1v) is 9.98. The van der Waals surface area contributed by atoms with Crippen LogP contribution in [0, 0.1) is 4.77 Å². The fourth-order valence-electron chi connectivity index (χ4n) is 3.54. The van der Waals surface area contributed by atoms with Crippen LogP contribution in [0.5, 0.6) is 0 Å². The molecule has 5 nitrogen and oxygen atoms in total. The molecule has 0 radical (unpaired) electrons. The Balaban J connectivity index is 1.83. The van der Waals surface area contributed by atoms with Crippen molar-refractivity contribution in [2.45, 2.75) is 51.5 Å². The number of hydrogen-bond acceptors (Lipinski definition) is 4. The number of aromatic amines is 1. The molecule has 0 fully saturated rings. The molecule has 1 N–H and O–H groups in total. The van der Waals surface area contributed by atoms with E-state index in [4.69, 9.17) is 17.0 Å². The Morgan fingerprint density at radius 1 is 1.33 bits per heavy atom. The Bertz CT molecular complexity index is 972. The maximum Gasteiger partial charge on any atom is 0.262 e. The number of fused-ring (bicyclic) bond motifs is 1. The van der Waals surface area contributed by atoms with Gasteiger partial charge in [-0.1, -0.05) is 17.7 Å². The van der Waals surface area contributed by atoms with Crippen molar-refractivity contribution >= 4 is 28.9 Å². The van der Waals surface area contributed by atoms with E-state index in [1.165, 1.54) is 18.4 Å². The Labute approximate surface area is 164 Å². The van der Waals surface area contributed by atoms with E-state index in [0.29, 0.717) is 47.2 Å². The van der Waals surface area contributed by atoms with Gasteiger partial charge < -0.3 is 9.72 Å². The summed E-state index contributed by atoms with van der Waals surface area (Å²) in [6, 6.07) is 5.18. The van der Waals surface area contributed by atoms with Crippen molar-refractivity contribution in [3.05, 3.63) is 50.5 Å². The van der Waals surface area contributed by atoms with E-state index >= 15 is 0 Å². The van der Waals surface area contributed by atoms with Crippen LogP contribution in [-0.4, -0.2) is 29.1 Å². The Hall–Kier alpha value is -2.05. The van der Waals surface area contributed by atoms with Gasteiger partial charge in [-0.05, 0) is 62.9 Å². The highest BCUT2D eigenvalue weighted by Gasteiger charge is 2.11. The smallest absolute Gasteiger partial charge is 0.262 e. The maximum absolute atomic E-state index is 12.9. The lowest BCUT2D eigenvalue weighted by Gasteiger charge is -2.14. The second-order valence-corrected chi connectivity index (χ2v) is 7.41. The van der Waals surface area contributed by atoms with Crippen LogP contribution in [-0.2, 0) is 11.3 Å². The molecule has 1 aliphatic carbocycles. The Morgan fingerprint density at radius 3 is 2.93 bits per heavy atom. The third kappa shape index (κ3) is 4.82. The van der Waals surface area contributed by atoms with Crippen LogP contribution in [0.1, 0.15) is 55.3 Å². The van der Waals surface area contributed by atoms with E-state index in [2.05, 4.69) is 11.1 Å². The number of carbonyl (C=O) groups excluding carboxylic acids is 1. The molecule has 6 heteroatoms. The van der Waals surface area contributed by atoms with Crippen molar-refractivity contribution in [2.24, 2.45) is 0 Å². The molecule has 1 heterocycles. The lowest BCUT2D eigenvalue weighted by Crippen LogP contribution is -2.23. The van der Waals surface area contributed by atoms with Gasteiger partial charge in [0.05, 0.1) is 10.9 Å². The number of aromatic nitrogens is 2. The number of carbonyl (C=O) groups is 1. The van der Waals surface area contributed by atoms with Gasteiger partial charge in [-0.25, -0.2) is 0 Å². The summed E-state index contributed by atoms with van der Waals surface area (Å²) >= 11 is 5.41. The minimum Gasteiger partial charge on any atom is -0.385 e. The maximum atomic E-state index is 12.9. The highest BCUT2D eigenvalue weighted by molar-refractivity contribution is 7.71. The van der Waals surface area contributed by atoms with Crippen LogP contribution in [0.3, 0.4) is 0 Å². The fourth-order valence-corrected chi connectivity index (χ4v) is 3.82. The molecule has 0 atom stereocenters. The molecule has 27 heavy (non-hydrogen) atoms. The Kier molecular flexibility index (Phi) is 6.74. The summed E-state index contributed by atoms with van der Waals surface area (Å²) in [5, 5.41) is 0.565. The van der Waals surface area contributed by atoms with Crippen LogP contribution in [0.25, 0.3) is 10.9 Å². The molecule has 144 valence electrons. The summed E-state index contributed by atoms with van der Waals surface area (Å²) in [5.74, 6) is 0.0432. The predicted molar refractivity (Wildman–Crippen MR) is 110 cm³/mol. The lowest BCUT2D eigenvalue weighted by molar-refractivity contribution is 0.0963. The van der Waals surface area contributed by atoms with Gasteiger partial charge in [-0.3, -0.25) is 14.2 Å². The number of rotatable bonds is 8. The average molecular weight is 387 g/mol. The quantitative estimate of drug-likeness (QED) is 0.313. The SMILES string of the molecule is COCCCC(=O)c1ccc2c(=O)n(CCC3=CCCCC3)c(=S)[nH]c2c1. The van der Waals surface area contributed by atoms with E-state index in [-0.39, 0.29) is 11.3 Å². The number of methoxy groups -OCH3 is 1. The van der Waals surface area contributed by atoms with Gasteiger partial charge in [0.15, 0.2) is 10.6 Å². The lowest BCUT2D eigenvalue weighted by atomic mass is 9.97. The zero-order valence-corrected chi connectivity index (χ0v) is 16.6. The monoisotopic (exact) mass is 386 g/mol. The van der Waals surface area contributed by atoms with Crippen molar-refractivity contribution in [3.8, 4) is 0 Å². The molecular weight excluding hydrogens is 360 g/mol. The molecule has 0 amide bonds. The van der Waals surface area contributed by atoms with Gasteiger partial charge in [0.25, 0.3) is 5.56 Å². The third-order valence-corrected chi connectivity index (χ3v) is 5.42. The van der Waals surface area contributed by atoms with Gasteiger partial charge in [-0.2, -0.15) is 0 Å². The standard InChI is InChI=1S/C21H26N2O3S/c1-26-13-5-8-19(24)16-9-10-17-18(14-16)22-21(27)23(20(17)25)12-11-15-6-3-2-4-7-15/h6,9-10,14H,2-5,7-8,11-13H2,1H3,(H,22,27). The van der Waals surface area contributed by atoms with Gasteiger partial charge >= 0.3 is 0 Å². The number of nitrogens with one attached hydrogen (secondary N) is 1. The molecule has 1 aromatic heterocycles.